The topological polar surface area (TPSA) is 107 Å². The molecular weight excluding hydrogens is 378 g/mol. The average molecular weight is 397 g/mol. The number of aromatic nitrogens is 3. The summed E-state index contributed by atoms with van der Waals surface area (Å²) in [7, 11) is 0. The first kappa shape index (κ1) is 18.9. The molecule has 4 rings (SSSR count). The van der Waals surface area contributed by atoms with Gasteiger partial charge in [0.1, 0.15) is 5.75 Å². The van der Waals surface area contributed by atoms with Crippen LogP contribution in [0.15, 0.2) is 90.0 Å². The van der Waals surface area contributed by atoms with Gasteiger partial charge in [-0.3, -0.25) is 0 Å². The second-order valence-corrected chi connectivity index (χ2v) is 6.25. The number of nitrogens with one attached hydrogen (secondary N) is 3. The predicted molar refractivity (Wildman–Crippen MR) is 119 cm³/mol. The van der Waals surface area contributed by atoms with E-state index in [0.717, 1.165) is 16.9 Å². The van der Waals surface area contributed by atoms with E-state index in [0.29, 0.717) is 11.9 Å². The predicted octanol–water partition coefficient (Wildman–Crippen LogP) is 4.51. The maximum atomic E-state index is 9.55. The third-order valence-corrected chi connectivity index (χ3v) is 3.94. The van der Waals surface area contributed by atoms with Gasteiger partial charge in [-0.2, -0.15) is 20.1 Å². The summed E-state index contributed by atoms with van der Waals surface area (Å²) in [6, 6.07) is 26.0. The fourth-order valence-corrected chi connectivity index (χ4v) is 2.61. The number of benzene rings is 3. The minimum atomic E-state index is 0.169. The number of rotatable bonds is 7. The highest BCUT2D eigenvalue weighted by Gasteiger charge is 2.07. The zero-order valence-electron chi connectivity index (χ0n) is 15.9. The summed E-state index contributed by atoms with van der Waals surface area (Å²) in [4.78, 5) is 13.2. The minimum Gasteiger partial charge on any atom is -0.508 e. The third-order valence-electron chi connectivity index (χ3n) is 3.94. The van der Waals surface area contributed by atoms with Crippen molar-refractivity contribution in [2.45, 2.75) is 0 Å². The summed E-state index contributed by atoms with van der Waals surface area (Å²) in [6.07, 6.45) is 1.57. The number of hydrogen-bond acceptors (Lipinski definition) is 8. The summed E-state index contributed by atoms with van der Waals surface area (Å²) in [6.45, 7) is 0. The number of para-hydroxylation sites is 2. The number of nitrogens with zero attached hydrogens (tertiary/aromatic N) is 4. The SMILES string of the molecule is Oc1cccc(/C=N\Nc2nc(Nc3ccccc3)nc(Nc3ccccc3)n2)c1. The van der Waals surface area contributed by atoms with Crippen LogP contribution in [-0.4, -0.2) is 26.3 Å². The Balaban J connectivity index is 1.57. The van der Waals surface area contributed by atoms with E-state index >= 15 is 0 Å². The molecule has 1 aromatic heterocycles. The first-order chi connectivity index (χ1) is 14.7. The number of anilines is 5. The lowest BCUT2D eigenvalue weighted by molar-refractivity contribution is 0.475. The van der Waals surface area contributed by atoms with Gasteiger partial charge in [0.2, 0.25) is 17.8 Å². The Kier molecular flexibility index (Phi) is 5.76. The minimum absolute atomic E-state index is 0.169. The van der Waals surface area contributed by atoms with Crippen molar-refractivity contribution < 1.29 is 5.11 Å². The standard InChI is InChI=1S/C22H19N7O/c30-19-13-7-8-16(14-19)15-23-29-22-27-20(24-17-9-3-1-4-10-17)26-21(28-22)25-18-11-5-2-6-12-18/h1-15,30H,(H3,24,25,26,27,28,29)/b23-15-. The summed E-state index contributed by atoms with van der Waals surface area (Å²) < 4.78 is 0. The highest BCUT2D eigenvalue weighted by atomic mass is 16.3. The quantitative estimate of drug-likeness (QED) is 0.268. The van der Waals surface area contributed by atoms with Crippen LogP contribution < -0.4 is 16.1 Å². The summed E-state index contributed by atoms with van der Waals surface area (Å²) in [5, 5.41) is 20.0. The molecule has 0 unspecified atom stereocenters. The van der Waals surface area contributed by atoms with E-state index in [2.05, 4.69) is 36.1 Å². The van der Waals surface area contributed by atoms with Gasteiger partial charge in [0.25, 0.3) is 0 Å². The lowest BCUT2D eigenvalue weighted by atomic mass is 10.2. The lowest BCUT2D eigenvalue weighted by Gasteiger charge is -2.10. The van der Waals surface area contributed by atoms with E-state index in [1.807, 2.05) is 66.7 Å². The van der Waals surface area contributed by atoms with Crippen LogP contribution in [0.25, 0.3) is 0 Å². The summed E-state index contributed by atoms with van der Waals surface area (Å²) in [5.41, 5.74) is 5.25. The molecule has 0 aliphatic heterocycles. The Labute approximate surface area is 173 Å². The van der Waals surface area contributed by atoms with Crippen molar-refractivity contribution in [3.05, 3.63) is 90.5 Å². The molecule has 1 heterocycles. The van der Waals surface area contributed by atoms with Gasteiger partial charge in [0.15, 0.2) is 0 Å². The Morgan fingerprint density at radius 2 is 1.23 bits per heavy atom. The molecule has 0 aliphatic carbocycles. The van der Waals surface area contributed by atoms with E-state index in [9.17, 15) is 5.11 Å². The van der Waals surface area contributed by atoms with Crippen molar-refractivity contribution in [2.24, 2.45) is 5.10 Å². The normalized spacial score (nSPS) is 10.7. The highest BCUT2D eigenvalue weighted by Crippen LogP contribution is 2.18. The average Bonchev–Trinajstić information content (AvgIpc) is 2.75. The summed E-state index contributed by atoms with van der Waals surface area (Å²) in [5.74, 6) is 1.16. The zero-order valence-corrected chi connectivity index (χ0v) is 15.9. The molecule has 0 amide bonds. The van der Waals surface area contributed by atoms with Gasteiger partial charge < -0.3 is 15.7 Å². The molecule has 4 N–H and O–H groups in total. The molecule has 8 nitrogen and oxygen atoms in total. The van der Waals surface area contributed by atoms with Crippen LogP contribution >= 0.6 is 0 Å². The first-order valence-corrected chi connectivity index (χ1v) is 9.23. The number of hydrazone groups is 1. The van der Waals surface area contributed by atoms with Gasteiger partial charge in [-0.1, -0.05) is 48.5 Å². The van der Waals surface area contributed by atoms with E-state index in [1.54, 1.807) is 24.4 Å². The van der Waals surface area contributed by atoms with Crippen molar-refractivity contribution in [2.75, 3.05) is 16.1 Å². The Morgan fingerprint density at radius 3 is 1.80 bits per heavy atom. The lowest BCUT2D eigenvalue weighted by Crippen LogP contribution is -2.07. The Bertz CT molecular complexity index is 1070. The van der Waals surface area contributed by atoms with Gasteiger partial charge in [0.05, 0.1) is 6.21 Å². The molecule has 0 fully saturated rings. The second kappa shape index (κ2) is 9.16. The van der Waals surface area contributed by atoms with Crippen LogP contribution in [-0.2, 0) is 0 Å². The van der Waals surface area contributed by atoms with E-state index in [1.165, 1.54) is 0 Å². The van der Waals surface area contributed by atoms with Crippen LogP contribution in [0, 0.1) is 0 Å². The third kappa shape index (κ3) is 5.29. The molecule has 0 atom stereocenters. The van der Waals surface area contributed by atoms with Crippen LogP contribution in [0.1, 0.15) is 5.56 Å². The fraction of sp³-hybridized carbons (Fsp3) is 0. The van der Waals surface area contributed by atoms with Gasteiger partial charge in [-0.05, 0) is 42.0 Å². The molecule has 4 aromatic rings. The van der Waals surface area contributed by atoms with E-state index < -0.39 is 0 Å². The van der Waals surface area contributed by atoms with Crippen molar-refractivity contribution in [3.63, 3.8) is 0 Å². The van der Waals surface area contributed by atoms with Gasteiger partial charge in [0, 0.05) is 11.4 Å². The van der Waals surface area contributed by atoms with E-state index in [4.69, 9.17) is 0 Å². The molecule has 0 saturated heterocycles. The number of aromatic hydroxyl groups is 1. The molecule has 3 aromatic carbocycles. The van der Waals surface area contributed by atoms with Crippen molar-refractivity contribution in [1.29, 1.82) is 0 Å². The molecule has 148 valence electrons. The molecule has 0 radical (unpaired) electrons. The van der Waals surface area contributed by atoms with Crippen molar-refractivity contribution >= 4 is 35.4 Å². The monoisotopic (exact) mass is 397 g/mol. The smallest absolute Gasteiger partial charge is 0.250 e. The maximum absolute atomic E-state index is 9.55. The Morgan fingerprint density at radius 1 is 0.667 bits per heavy atom. The van der Waals surface area contributed by atoms with Crippen LogP contribution in [0.4, 0.5) is 29.2 Å². The molecule has 30 heavy (non-hydrogen) atoms. The molecule has 0 spiro atoms. The summed E-state index contributed by atoms with van der Waals surface area (Å²) >= 11 is 0. The van der Waals surface area contributed by atoms with Crippen LogP contribution in [0.3, 0.4) is 0 Å². The number of phenols is 1. The molecule has 0 bridgehead atoms. The zero-order chi connectivity index (χ0) is 20.6. The van der Waals surface area contributed by atoms with Crippen molar-refractivity contribution in [1.82, 2.24) is 15.0 Å². The number of hydrogen-bond donors (Lipinski definition) is 4. The molecule has 8 heteroatoms. The largest absolute Gasteiger partial charge is 0.508 e. The van der Waals surface area contributed by atoms with Gasteiger partial charge in [-0.15, -0.1) is 0 Å². The number of phenolic OH excluding ortho intramolecular Hbond substituents is 1. The van der Waals surface area contributed by atoms with E-state index in [-0.39, 0.29) is 11.7 Å². The van der Waals surface area contributed by atoms with Crippen LogP contribution in [0.2, 0.25) is 0 Å². The second-order valence-electron chi connectivity index (χ2n) is 6.25. The highest BCUT2D eigenvalue weighted by molar-refractivity contribution is 5.80. The fourth-order valence-electron chi connectivity index (χ4n) is 2.61. The van der Waals surface area contributed by atoms with Crippen LogP contribution in [0.5, 0.6) is 5.75 Å². The first-order valence-electron chi connectivity index (χ1n) is 9.23. The Hall–Kier alpha value is -4.46. The van der Waals surface area contributed by atoms with Crippen molar-refractivity contribution in [3.8, 4) is 5.75 Å². The molecule has 0 aliphatic rings. The van der Waals surface area contributed by atoms with Gasteiger partial charge in [-0.25, -0.2) is 5.43 Å². The molecule has 0 saturated carbocycles. The van der Waals surface area contributed by atoms with Gasteiger partial charge >= 0.3 is 0 Å². The molecular formula is C22H19N7O. The maximum Gasteiger partial charge on any atom is 0.250 e.